The first kappa shape index (κ1) is 20.3. The van der Waals surface area contributed by atoms with E-state index in [1.165, 1.54) is 23.5 Å². The molecule has 2 amide bonds. The van der Waals surface area contributed by atoms with E-state index in [4.69, 9.17) is 4.74 Å². The highest BCUT2D eigenvalue weighted by Gasteiger charge is 2.33. The Bertz CT molecular complexity index is 1010. The van der Waals surface area contributed by atoms with Crippen molar-refractivity contribution in [2.24, 2.45) is 0 Å². The van der Waals surface area contributed by atoms with Gasteiger partial charge in [0.1, 0.15) is 6.61 Å². The van der Waals surface area contributed by atoms with Crippen LogP contribution < -0.4 is 14.8 Å². The second-order valence-electron chi connectivity index (χ2n) is 6.85. The second kappa shape index (κ2) is 8.42. The van der Waals surface area contributed by atoms with Crippen LogP contribution in [0.2, 0.25) is 0 Å². The predicted octanol–water partition coefficient (Wildman–Crippen LogP) is 4.41. The molecule has 3 heterocycles. The van der Waals surface area contributed by atoms with Crippen LogP contribution in [0.4, 0.5) is 18.0 Å². The van der Waals surface area contributed by atoms with Crippen LogP contribution in [0.25, 0.3) is 10.9 Å². The van der Waals surface area contributed by atoms with Gasteiger partial charge < -0.3 is 24.7 Å². The number of likely N-dealkylation sites (tertiary alicyclic amines) is 1. The van der Waals surface area contributed by atoms with E-state index in [1.54, 1.807) is 21.9 Å². The molecule has 160 valence electrons. The number of rotatable bonds is 6. The molecule has 0 aliphatic carbocycles. The molecule has 0 unspecified atom stereocenters. The lowest BCUT2D eigenvalue weighted by Gasteiger charge is -2.15. The Morgan fingerprint density at radius 3 is 2.73 bits per heavy atom. The summed E-state index contributed by atoms with van der Waals surface area (Å²) in [7, 11) is 0. The van der Waals surface area contributed by atoms with Gasteiger partial charge in [0.2, 0.25) is 0 Å². The van der Waals surface area contributed by atoms with E-state index in [1.807, 2.05) is 0 Å². The summed E-state index contributed by atoms with van der Waals surface area (Å²) in [4.78, 5) is 21.0. The van der Waals surface area contributed by atoms with Crippen LogP contribution in [0.15, 0.2) is 29.1 Å². The van der Waals surface area contributed by atoms with Crippen LogP contribution in [0, 0.1) is 0 Å². The fourth-order valence-corrected chi connectivity index (χ4v) is 3.82. The van der Waals surface area contributed by atoms with Crippen molar-refractivity contribution in [2.45, 2.75) is 32.4 Å². The number of aromatic nitrogens is 2. The summed E-state index contributed by atoms with van der Waals surface area (Å²) < 4.78 is 48.2. The fourth-order valence-electron chi connectivity index (χ4n) is 3.28. The van der Waals surface area contributed by atoms with Crippen molar-refractivity contribution in [2.75, 3.05) is 13.1 Å². The molecule has 2 N–H and O–H groups in total. The quantitative estimate of drug-likeness (QED) is 0.595. The molecular weight excluding hydrogens is 421 g/mol. The Morgan fingerprint density at radius 1 is 1.23 bits per heavy atom. The van der Waals surface area contributed by atoms with Gasteiger partial charge >= 0.3 is 12.4 Å². The number of ether oxygens (including phenoxy) is 2. The lowest BCUT2D eigenvalue weighted by Crippen LogP contribution is -2.37. The molecule has 4 rings (SSSR count). The fraction of sp³-hybridized carbons (Fsp3) is 0.368. The van der Waals surface area contributed by atoms with Crippen LogP contribution in [0.1, 0.15) is 24.2 Å². The minimum Gasteiger partial charge on any atom is -0.483 e. The largest absolute Gasteiger partial charge is 0.573 e. The number of nitrogens with one attached hydrogen (secondary N) is 2. The van der Waals surface area contributed by atoms with Gasteiger partial charge in [0, 0.05) is 41.1 Å². The van der Waals surface area contributed by atoms with Gasteiger partial charge in [-0.25, -0.2) is 9.78 Å². The van der Waals surface area contributed by atoms with E-state index >= 15 is 0 Å². The van der Waals surface area contributed by atoms with Crippen molar-refractivity contribution < 1.29 is 27.4 Å². The van der Waals surface area contributed by atoms with Gasteiger partial charge in [-0.1, -0.05) is 0 Å². The Kier molecular flexibility index (Phi) is 5.71. The summed E-state index contributed by atoms with van der Waals surface area (Å²) in [5, 5.41) is 5.08. The first-order valence-electron chi connectivity index (χ1n) is 9.31. The van der Waals surface area contributed by atoms with Crippen molar-refractivity contribution in [3.63, 3.8) is 0 Å². The number of halogens is 3. The first-order chi connectivity index (χ1) is 14.4. The van der Waals surface area contributed by atoms with E-state index < -0.39 is 12.1 Å². The van der Waals surface area contributed by atoms with Crippen molar-refractivity contribution in [1.82, 2.24) is 20.2 Å². The first-order valence-corrected chi connectivity index (χ1v) is 10.3. The standard InChI is InChI=1S/C19H19F3N4O3S/c20-19(21,22)29-17-6-12-5-13(8-23-18(27)26-3-1-2-4-26)25-15(12)7-16(17)28-9-14-10-30-11-24-14/h5-7,10-11,25H,1-4,8-9H2,(H,23,27). The Morgan fingerprint density at radius 2 is 2.03 bits per heavy atom. The topological polar surface area (TPSA) is 79.5 Å². The lowest BCUT2D eigenvalue weighted by atomic mass is 10.2. The number of alkyl halides is 3. The second-order valence-corrected chi connectivity index (χ2v) is 7.57. The predicted molar refractivity (Wildman–Crippen MR) is 104 cm³/mol. The van der Waals surface area contributed by atoms with Gasteiger partial charge in [0.15, 0.2) is 11.5 Å². The van der Waals surface area contributed by atoms with Gasteiger partial charge in [-0.2, -0.15) is 0 Å². The van der Waals surface area contributed by atoms with Crippen molar-refractivity contribution in [3.8, 4) is 11.5 Å². The molecule has 30 heavy (non-hydrogen) atoms. The molecule has 0 spiro atoms. The Labute approximate surface area is 173 Å². The SMILES string of the molecule is O=C(NCc1cc2cc(OC(F)(F)F)c(OCc3cscn3)cc2[nH]1)N1CCCC1. The molecule has 0 saturated carbocycles. The maximum Gasteiger partial charge on any atom is 0.573 e. The minimum absolute atomic E-state index is 0.0165. The van der Waals surface area contributed by atoms with Crippen molar-refractivity contribution >= 4 is 28.3 Å². The van der Waals surface area contributed by atoms with Crippen molar-refractivity contribution in [1.29, 1.82) is 0 Å². The third-order valence-electron chi connectivity index (χ3n) is 4.65. The molecule has 11 heteroatoms. The molecule has 0 radical (unpaired) electrons. The van der Waals surface area contributed by atoms with Crippen LogP contribution in [-0.2, 0) is 13.2 Å². The van der Waals surface area contributed by atoms with Gasteiger partial charge in [-0.3, -0.25) is 0 Å². The summed E-state index contributed by atoms with van der Waals surface area (Å²) in [5.74, 6) is -0.487. The minimum atomic E-state index is -4.85. The molecular formula is C19H19F3N4O3S. The number of amides is 2. The molecule has 1 aromatic carbocycles. The Hall–Kier alpha value is -2.95. The number of aromatic amines is 1. The highest BCUT2D eigenvalue weighted by Crippen LogP contribution is 2.36. The van der Waals surface area contributed by atoms with Crippen LogP contribution >= 0.6 is 11.3 Å². The number of fused-ring (bicyclic) bond motifs is 1. The molecule has 3 aromatic rings. The van der Waals surface area contributed by atoms with E-state index in [0.717, 1.165) is 25.9 Å². The van der Waals surface area contributed by atoms with Crippen molar-refractivity contribution in [3.05, 3.63) is 40.5 Å². The van der Waals surface area contributed by atoms with Gasteiger partial charge in [-0.15, -0.1) is 24.5 Å². The average molecular weight is 440 g/mol. The number of benzene rings is 1. The molecule has 2 aromatic heterocycles. The molecule has 1 aliphatic rings. The van der Waals surface area contributed by atoms with E-state index in [9.17, 15) is 18.0 Å². The molecule has 0 atom stereocenters. The molecule has 1 saturated heterocycles. The van der Waals surface area contributed by atoms with Crippen LogP contribution in [-0.4, -0.2) is 40.4 Å². The molecule has 1 fully saturated rings. The van der Waals surface area contributed by atoms with E-state index in [-0.39, 0.29) is 24.9 Å². The molecule has 7 nitrogen and oxygen atoms in total. The number of carbonyl (C=O) groups excluding carboxylic acids is 1. The highest BCUT2D eigenvalue weighted by molar-refractivity contribution is 7.07. The number of urea groups is 1. The summed E-state index contributed by atoms with van der Waals surface area (Å²) >= 11 is 1.37. The lowest BCUT2D eigenvalue weighted by molar-refractivity contribution is -0.275. The van der Waals surface area contributed by atoms with Gasteiger partial charge in [0.25, 0.3) is 0 Å². The molecule has 0 bridgehead atoms. The summed E-state index contributed by atoms with van der Waals surface area (Å²) in [5.41, 5.74) is 3.45. The average Bonchev–Trinajstić information content (AvgIpc) is 3.44. The zero-order valence-electron chi connectivity index (χ0n) is 15.8. The van der Waals surface area contributed by atoms with Crippen LogP contribution in [0.3, 0.4) is 0 Å². The van der Waals surface area contributed by atoms with E-state index in [0.29, 0.717) is 22.3 Å². The maximum atomic E-state index is 12.8. The zero-order chi connectivity index (χ0) is 21.1. The Balaban J connectivity index is 1.52. The molecule has 1 aliphatic heterocycles. The summed E-state index contributed by atoms with van der Waals surface area (Å²) in [6.07, 6.45) is -2.87. The van der Waals surface area contributed by atoms with Gasteiger partial charge in [-0.05, 0) is 25.0 Å². The summed E-state index contributed by atoms with van der Waals surface area (Å²) in [6.45, 7) is 1.71. The monoisotopic (exact) mass is 440 g/mol. The van der Waals surface area contributed by atoms with E-state index in [2.05, 4.69) is 20.0 Å². The third-order valence-corrected chi connectivity index (χ3v) is 5.28. The maximum absolute atomic E-state index is 12.8. The number of nitrogens with zero attached hydrogens (tertiary/aromatic N) is 2. The smallest absolute Gasteiger partial charge is 0.483 e. The van der Waals surface area contributed by atoms with Crippen LogP contribution in [0.5, 0.6) is 11.5 Å². The summed E-state index contributed by atoms with van der Waals surface area (Å²) in [6, 6.07) is 4.24. The number of hydrogen-bond donors (Lipinski definition) is 2. The van der Waals surface area contributed by atoms with Gasteiger partial charge in [0.05, 0.1) is 17.7 Å². The number of hydrogen-bond acceptors (Lipinski definition) is 5. The number of carbonyl (C=O) groups is 1. The highest BCUT2D eigenvalue weighted by atomic mass is 32.1. The number of H-pyrrole nitrogens is 1. The number of thiazole rings is 1. The zero-order valence-corrected chi connectivity index (χ0v) is 16.6. The third kappa shape index (κ3) is 4.96. The normalized spacial score (nSPS) is 14.3.